The molecule has 0 aliphatic carbocycles. The Morgan fingerprint density at radius 2 is 2.12 bits per heavy atom. The molecule has 5 nitrogen and oxygen atoms in total. The molecule has 0 spiro atoms. The number of allylic oxidation sites excluding steroid dienone is 1. The van der Waals surface area contributed by atoms with Crippen LogP contribution >= 0.6 is 0 Å². The zero-order valence-electron chi connectivity index (χ0n) is 13.9. The second kappa shape index (κ2) is 8.54. The molecule has 1 heterocycles. The molecule has 128 valence electrons. The van der Waals surface area contributed by atoms with Crippen LogP contribution in [0.1, 0.15) is 11.1 Å². The van der Waals surface area contributed by atoms with E-state index < -0.39 is 0 Å². The normalized spacial score (nSPS) is 11.5. The molecule has 25 heavy (non-hydrogen) atoms. The van der Waals surface area contributed by atoms with E-state index in [1.54, 1.807) is 43.7 Å². The van der Waals surface area contributed by atoms with Crippen LogP contribution in [0.5, 0.6) is 0 Å². The van der Waals surface area contributed by atoms with E-state index in [9.17, 15) is 9.18 Å². The second-order valence-electron chi connectivity index (χ2n) is 5.18. The van der Waals surface area contributed by atoms with Crippen LogP contribution in [0, 0.1) is 5.82 Å². The Kier molecular flexibility index (Phi) is 6.17. The van der Waals surface area contributed by atoms with Crippen LogP contribution in [0.3, 0.4) is 0 Å². The van der Waals surface area contributed by atoms with Gasteiger partial charge in [-0.2, -0.15) is 0 Å². The molecule has 2 aromatic rings. The number of carbonyl (C=O) groups excluding carboxylic acids is 1. The third kappa shape index (κ3) is 4.84. The molecule has 1 aromatic heterocycles. The van der Waals surface area contributed by atoms with Crippen molar-refractivity contribution in [1.29, 1.82) is 0 Å². The van der Waals surface area contributed by atoms with Gasteiger partial charge < -0.3 is 11.1 Å². The van der Waals surface area contributed by atoms with Gasteiger partial charge in [0.1, 0.15) is 5.82 Å². The first-order valence-electron chi connectivity index (χ1n) is 7.58. The number of hydrogen-bond acceptors (Lipinski definition) is 4. The van der Waals surface area contributed by atoms with E-state index in [1.165, 1.54) is 18.2 Å². The minimum Gasteiger partial charge on any atom is -0.398 e. The van der Waals surface area contributed by atoms with Crippen molar-refractivity contribution in [3.63, 3.8) is 0 Å². The van der Waals surface area contributed by atoms with E-state index in [1.807, 2.05) is 0 Å². The molecular formula is C19H19FN4O. The van der Waals surface area contributed by atoms with Gasteiger partial charge in [-0.1, -0.05) is 6.58 Å². The highest BCUT2D eigenvalue weighted by atomic mass is 19.1. The number of benzene rings is 1. The predicted molar refractivity (Wildman–Crippen MR) is 98.3 cm³/mol. The molecule has 0 saturated heterocycles. The molecule has 1 amide bonds. The number of aliphatic imine (C=N–C) groups is 1. The summed E-state index contributed by atoms with van der Waals surface area (Å²) in [5, 5.41) is 2.70. The van der Waals surface area contributed by atoms with Crippen molar-refractivity contribution in [1.82, 2.24) is 10.3 Å². The van der Waals surface area contributed by atoms with E-state index in [2.05, 4.69) is 21.9 Å². The third-order valence-electron chi connectivity index (χ3n) is 3.48. The predicted octanol–water partition coefficient (Wildman–Crippen LogP) is 2.69. The van der Waals surface area contributed by atoms with Crippen molar-refractivity contribution in [2.45, 2.75) is 6.54 Å². The molecule has 0 aliphatic heterocycles. The highest BCUT2D eigenvalue weighted by Gasteiger charge is 2.10. The van der Waals surface area contributed by atoms with Gasteiger partial charge >= 0.3 is 0 Å². The van der Waals surface area contributed by atoms with Crippen molar-refractivity contribution in [3.8, 4) is 11.3 Å². The largest absolute Gasteiger partial charge is 0.398 e. The number of amides is 1. The Morgan fingerprint density at radius 1 is 1.40 bits per heavy atom. The average molecular weight is 338 g/mol. The number of carbonyl (C=O) groups is 1. The molecular weight excluding hydrogens is 319 g/mol. The monoisotopic (exact) mass is 338 g/mol. The van der Waals surface area contributed by atoms with Crippen LogP contribution in [0.15, 0.2) is 60.3 Å². The van der Waals surface area contributed by atoms with Gasteiger partial charge in [0.15, 0.2) is 0 Å². The summed E-state index contributed by atoms with van der Waals surface area (Å²) in [6.45, 7) is 3.68. The third-order valence-corrected chi connectivity index (χ3v) is 3.48. The van der Waals surface area contributed by atoms with Crippen molar-refractivity contribution in [2.24, 2.45) is 10.7 Å². The van der Waals surface area contributed by atoms with Crippen LogP contribution < -0.4 is 11.1 Å². The van der Waals surface area contributed by atoms with Gasteiger partial charge in [0.05, 0.1) is 5.69 Å². The highest BCUT2D eigenvalue weighted by Crippen LogP contribution is 2.23. The van der Waals surface area contributed by atoms with E-state index in [0.717, 1.165) is 16.7 Å². The molecule has 2 rings (SSSR count). The summed E-state index contributed by atoms with van der Waals surface area (Å²) in [6.07, 6.45) is 6.09. The van der Waals surface area contributed by atoms with E-state index >= 15 is 0 Å². The average Bonchev–Trinajstić information content (AvgIpc) is 2.64. The molecule has 0 saturated carbocycles. The molecule has 0 unspecified atom stereocenters. The van der Waals surface area contributed by atoms with Crippen molar-refractivity contribution in [2.75, 3.05) is 7.05 Å². The topological polar surface area (TPSA) is 80.4 Å². The molecule has 0 fully saturated rings. The van der Waals surface area contributed by atoms with Gasteiger partial charge in [0, 0.05) is 42.8 Å². The zero-order chi connectivity index (χ0) is 18.2. The van der Waals surface area contributed by atoms with Crippen LogP contribution in [-0.4, -0.2) is 24.2 Å². The number of aromatic nitrogens is 1. The summed E-state index contributed by atoms with van der Waals surface area (Å²) in [4.78, 5) is 19.7. The highest BCUT2D eigenvalue weighted by molar-refractivity contribution is 5.87. The Morgan fingerprint density at radius 3 is 2.76 bits per heavy atom. The first-order chi connectivity index (χ1) is 12.0. The second-order valence-corrected chi connectivity index (χ2v) is 5.18. The summed E-state index contributed by atoms with van der Waals surface area (Å²) in [5.74, 6) is -0.600. The fraction of sp³-hybridized carbons (Fsp3) is 0.105. The first kappa shape index (κ1) is 18.1. The number of halogens is 1. The van der Waals surface area contributed by atoms with E-state index in [0.29, 0.717) is 11.4 Å². The number of rotatable bonds is 6. The summed E-state index contributed by atoms with van der Waals surface area (Å²) in [5.41, 5.74) is 9.51. The standard InChI is InChI=1S/C19H19FN4O/c1-3-19(25)24-12-14-11-23-18(13-4-6-15(20)7-5-13)10-16(14)17(21)8-9-22-2/h3-11H,1,12,21H2,2H3,(H,24,25). The van der Waals surface area contributed by atoms with Gasteiger partial charge in [-0.05, 0) is 48.0 Å². The molecule has 3 N–H and O–H groups in total. The molecule has 6 heteroatoms. The lowest BCUT2D eigenvalue weighted by Gasteiger charge is -2.12. The fourth-order valence-electron chi connectivity index (χ4n) is 2.17. The summed E-state index contributed by atoms with van der Waals surface area (Å²) >= 11 is 0. The number of nitrogens with one attached hydrogen (secondary N) is 1. The maximum Gasteiger partial charge on any atom is 0.243 e. The summed E-state index contributed by atoms with van der Waals surface area (Å²) < 4.78 is 13.1. The molecule has 1 aromatic carbocycles. The minimum atomic E-state index is -0.314. The van der Waals surface area contributed by atoms with Crippen molar-refractivity contribution in [3.05, 3.63) is 72.2 Å². The van der Waals surface area contributed by atoms with Gasteiger partial charge in [-0.3, -0.25) is 14.8 Å². The Balaban J connectivity index is 2.44. The van der Waals surface area contributed by atoms with E-state index in [-0.39, 0.29) is 18.3 Å². The molecule has 0 bridgehead atoms. The fourth-order valence-corrected chi connectivity index (χ4v) is 2.17. The van der Waals surface area contributed by atoms with Crippen LogP contribution in [0.2, 0.25) is 0 Å². The van der Waals surface area contributed by atoms with E-state index in [4.69, 9.17) is 5.73 Å². The van der Waals surface area contributed by atoms with Crippen molar-refractivity contribution < 1.29 is 9.18 Å². The minimum absolute atomic E-state index is 0.259. The van der Waals surface area contributed by atoms with Crippen LogP contribution in [0.4, 0.5) is 4.39 Å². The van der Waals surface area contributed by atoms with Crippen molar-refractivity contribution >= 4 is 17.8 Å². The number of hydrogen-bond donors (Lipinski definition) is 2. The SMILES string of the molecule is C=CC(=O)NCc1cnc(-c2ccc(F)cc2)cc1C(N)=CC=NC. The van der Waals surface area contributed by atoms with Crippen LogP contribution in [-0.2, 0) is 11.3 Å². The van der Waals surface area contributed by atoms with Gasteiger partial charge in [0.2, 0.25) is 5.91 Å². The molecule has 0 aliphatic rings. The smallest absolute Gasteiger partial charge is 0.243 e. The number of pyridine rings is 1. The lowest BCUT2D eigenvalue weighted by Crippen LogP contribution is -2.21. The Bertz CT molecular complexity index is 826. The Hall–Kier alpha value is -3.28. The Labute approximate surface area is 145 Å². The molecule has 0 atom stereocenters. The lowest BCUT2D eigenvalue weighted by molar-refractivity contribution is -0.116. The maximum atomic E-state index is 13.1. The maximum absolute atomic E-state index is 13.1. The zero-order valence-corrected chi connectivity index (χ0v) is 13.9. The first-order valence-corrected chi connectivity index (χ1v) is 7.58. The number of nitrogens with two attached hydrogens (primary N) is 1. The summed E-state index contributed by atoms with van der Waals surface area (Å²) in [7, 11) is 1.64. The molecule has 0 radical (unpaired) electrons. The van der Waals surface area contributed by atoms with Crippen LogP contribution in [0.25, 0.3) is 17.0 Å². The summed E-state index contributed by atoms with van der Waals surface area (Å²) in [6, 6.07) is 7.84. The van der Waals surface area contributed by atoms with Gasteiger partial charge in [0.25, 0.3) is 0 Å². The van der Waals surface area contributed by atoms with Gasteiger partial charge in [-0.25, -0.2) is 4.39 Å². The number of nitrogens with zero attached hydrogens (tertiary/aromatic N) is 2. The lowest BCUT2D eigenvalue weighted by atomic mass is 10.0. The quantitative estimate of drug-likeness (QED) is 0.628. The van der Waals surface area contributed by atoms with Gasteiger partial charge in [-0.15, -0.1) is 0 Å².